The number of carbonyl (C=O) groups is 1. The fourth-order valence-electron chi connectivity index (χ4n) is 2.96. The van der Waals surface area contributed by atoms with Crippen molar-refractivity contribution < 1.29 is 14.3 Å². The van der Waals surface area contributed by atoms with Crippen molar-refractivity contribution in [3.05, 3.63) is 28.8 Å². The topological polar surface area (TPSA) is 61.5 Å². The molecule has 4 heteroatoms. The maximum atomic E-state index is 11.7. The third-order valence-corrected chi connectivity index (χ3v) is 3.92. The number of fused-ring (bicyclic) bond motifs is 1. The average Bonchev–Trinajstić information content (AvgIpc) is 2.50. The highest BCUT2D eigenvalue weighted by Crippen LogP contribution is 2.32. The molecule has 1 aromatic carbocycles. The minimum Gasteiger partial charge on any atom is -0.494 e. The predicted molar refractivity (Wildman–Crippen MR) is 82.6 cm³/mol. The standard InChI is InChI=1S/C17H25NO3/c1-3-20-16-10-9-12(11-15(18)17(19)21-4-2)13-7-5-6-8-14(13)16/h9-10,15H,3-8,11,18H2,1-2H3. The molecule has 4 nitrogen and oxygen atoms in total. The first-order valence-corrected chi connectivity index (χ1v) is 7.86. The third-order valence-electron chi connectivity index (χ3n) is 3.92. The van der Waals surface area contributed by atoms with E-state index >= 15 is 0 Å². The van der Waals surface area contributed by atoms with E-state index in [2.05, 4.69) is 0 Å². The van der Waals surface area contributed by atoms with Crippen LogP contribution in [-0.4, -0.2) is 25.2 Å². The van der Waals surface area contributed by atoms with Crippen molar-refractivity contribution in [2.24, 2.45) is 5.73 Å². The summed E-state index contributed by atoms with van der Waals surface area (Å²) in [6, 6.07) is 3.48. The number of esters is 1. The Morgan fingerprint density at radius 1 is 1.19 bits per heavy atom. The van der Waals surface area contributed by atoms with Gasteiger partial charge in [0.2, 0.25) is 0 Å². The molecule has 1 aliphatic rings. The normalized spacial score (nSPS) is 15.2. The zero-order chi connectivity index (χ0) is 15.2. The van der Waals surface area contributed by atoms with Crippen molar-refractivity contribution in [2.45, 2.75) is 52.0 Å². The second-order valence-corrected chi connectivity index (χ2v) is 5.38. The molecule has 0 radical (unpaired) electrons. The van der Waals surface area contributed by atoms with Gasteiger partial charge in [0.1, 0.15) is 11.8 Å². The number of carbonyl (C=O) groups excluding carboxylic acids is 1. The summed E-state index contributed by atoms with van der Waals surface area (Å²) in [4.78, 5) is 11.7. The molecule has 1 aliphatic carbocycles. The van der Waals surface area contributed by atoms with Gasteiger partial charge in [-0.2, -0.15) is 0 Å². The monoisotopic (exact) mass is 291 g/mol. The summed E-state index contributed by atoms with van der Waals surface area (Å²) in [5.74, 6) is 0.664. The molecule has 0 fully saturated rings. The summed E-state index contributed by atoms with van der Waals surface area (Å²) in [5.41, 5.74) is 9.75. The van der Waals surface area contributed by atoms with Crippen LogP contribution in [0.5, 0.6) is 5.75 Å². The zero-order valence-corrected chi connectivity index (χ0v) is 13.0. The molecule has 1 unspecified atom stereocenters. The van der Waals surface area contributed by atoms with Crippen LogP contribution in [0.2, 0.25) is 0 Å². The van der Waals surface area contributed by atoms with Gasteiger partial charge in [-0.05, 0) is 68.7 Å². The van der Waals surface area contributed by atoms with Crippen LogP contribution in [0.3, 0.4) is 0 Å². The fourth-order valence-corrected chi connectivity index (χ4v) is 2.96. The second-order valence-electron chi connectivity index (χ2n) is 5.38. The Morgan fingerprint density at radius 3 is 2.57 bits per heavy atom. The third kappa shape index (κ3) is 3.76. The maximum Gasteiger partial charge on any atom is 0.323 e. The van der Waals surface area contributed by atoms with Crippen molar-refractivity contribution in [2.75, 3.05) is 13.2 Å². The van der Waals surface area contributed by atoms with Crippen LogP contribution in [0, 0.1) is 0 Å². The molecule has 116 valence electrons. The van der Waals surface area contributed by atoms with E-state index in [-0.39, 0.29) is 5.97 Å². The van der Waals surface area contributed by atoms with E-state index in [0.29, 0.717) is 19.6 Å². The smallest absolute Gasteiger partial charge is 0.323 e. The van der Waals surface area contributed by atoms with E-state index in [1.54, 1.807) is 6.92 Å². The lowest BCUT2D eigenvalue weighted by atomic mass is 9.85. The lowest BCUT2D eigenvalue weighted by Gasteiger charge is -2.23. The molecule has 0 saturated carbocycles. The van der Waals surface area contributed by atoms with Gasteiger partial charge in [0, 0.05) is 0 Å². The first-order valence-electron chi connectivity index (χ1n) is 7.86. The van der Waals surface area contributed by atoms with E-state index in [1.807, 2.05) is 19.1 Å². The van der Waals surface area contributed by atoms with Crippen molar-refractivity contribution >= 4 is 5.97 Å². The number of hydrogen-bond acceptors (Lipinski definition) is 4. The Kier molecular flexibility index (Phi) is 5.62. The summed E-state index contributed by atoms with van der Waals surface area (Å²) < 4.78 is 10.7. The van der Waals surface area contributed by atoms with E-state index < -0.39 is 6.04 Å². The largest absolute Gasteiger partial charge is 0.494 e. The Bertz CT molecular complexity index is 499. The van der Waals surface area contributed by atoms with Gasteiger partial charge in [0.25, 0.3) is 0 Å². The molecule has 1 atom stereocenters. The molecule has 0 aliphatic heterocycles. The summed E-state index contributed by atoms with van der Waals surface area (Å²) in [7, 11) is 0. The molecule has 0 heterocycles. The van der Waals surface area contributed by atoms with E-state index in [0.717, 1.165) is 24.2 Å². The number of ether oxygens (including phenoxy) is 2. The highest BCUT2D eigenvalue weighted by atomic mass is 16.5. The van der Waals surface area contributed by atoms with Crippen molar-refractivity contribution in [3.8, 4) is 5.75 Å². The Balaban J connectivity index is 2.22. The Morgan fingerprint density at radius 2 is 1.90 bits per heavy atom. The first-order chi connectivity index (χ1) is 10.2. The first kappa shape index (κ1) is 15.8. The van der Waals surface area contributed by atoms with Gasteiger partial charge in [-0.25, -0.2) is 0 Å². The zero-order valence-electron chi connectivity index (χ0n) is 13.0. The fraction of sp³-hybridized carbons (Fsp3) is 0.588. The molecule has 0 spiro atoms. The highest BCUT2D eigenvalue weighted by Gasteiger charge is 2.21. The maximum absolute atomic E-state index is 11.7. The quantitative estimate of drug-likeness (QED) is 0.818. The summed E-state index contributed by atoms with van der Waals surface area (Å²) in [6.07, 6.45) is 5.01. The molecule has 0 saturated heterocycles. The lowest BCUT2D eigenvalue weighted by molar-refractivity contribution is -0.144. The molecular weight excluding hydrogens is 266 g/mol. The minimum absolute atomic E-state index is 0.323. The lowest BCUT2D eigenvalue weighted by Crippen LogP contribution is -2.34. The van der Waals surface area contributed by atoms with Crippen molar-refractivity contribution in [1.29, 1.82) is 0 Å². The van der Waals surface area contributed by atoms with Gasteiger partial charge in [0.15, 0.2) is 0 Å². The molecule has 0 bridgehead atoms. The average molecular weight is 291 g/mol. The second kappa shape index (κ2) is 7.46. The van der Waals surface area contributed by atoms with Crippen LogP contribution in [0.4, 0.5) is 0 Å². The molecule has 1 aromatic rings. The molecule has 2 rings (SSSR count). The van der Waals surface area contributed by atoms with Gasteiger partial charge in [-0.15, -0.1) is 0 Å². The highest BCUT2D eigenvalue weighted by molar-refractivity contribution is 5.76. The number of benzene rings is 1. The number of rotatable bonds is 6. The van der Waals surface area contributed by atoms with Crippen LogP contribution >= 0.6 is 0 Å². The van der Waals surface area contributed by atoms with Crippen molar-refractivity contribution in [3.63, 3.8) is 0 Å². The number of hydrogen-bond donors (Lipinski definition) is 1. The van der Waals surface area contributed by atoms with Crippen LogP contribution < -0.4 is 10.5 Å². The van der Waals surface area contributed by atoms with Gasteiger partial charge in [-0.3, -0.25) is 4.79 Å². The van der Waals surface area contributed by atoms with E-state index in [1.165, 1.54) is 24.0 Å². The van der Waals surface area contributed by atoms with Crippen LogP contribution in [-0.2, 0) is 28.8 Å². The Labute approximate surface area is 126 Å². The molecular formula is C17H25NO3. The SMILES string of the molecule is CCOC(=O)C(N)Cc1ccc(OCC)c2c1CCCC2. The van der Waals surface area contributed by atoms with Gasteiger partial charge >= 0.3 is 5.97 Å². The summed E-state index contributed by atoms with van der Waals surface area (Å²) >= 11 is 0. The summed E-state index contributed by atoms with van der Waals surface area (Å²) in [5, 5.41) is 0. The predicted octanol–water partition coefficient (Wildman–Crippen LogP) is 2.40. The number of nitrogens with two attached hydrogens (primary N) is 1. The van der Waals surface area contributed by atoms with E-state index in [9.17, 15) is 4.79 Å². The van der Waals surface area contributed by atoms with Crippen LogP contribution in [0.1, 0.15) is 43.4 Å². The van der Waals surface area contributed by atoms with Gasteiger partial charge in [-0.1, -0.05) is 6.07 Å². The molecule has 21 heavy (non-hydrogen) atoms. The Hall–Kier alpha value is -1.55. The molecule has 0 aromatic heterocycles. The molecule has 0 amide bonds. The van der Waals surface area contributed by atoms with Gasteiger partial charge in [0.05, 0.1) is 13.2 Å². The van der Waals surface area contributed by atoms with Gasteiger partial charge < -0.3 is 15.2 Å². The van der Waals surface area contributed by atoms with Crippen molar-refractivity contribution in [1.82, 2.24) is 0 Å². The summed E-state index contributed by atoms with van der Waals surface area (Å²) in [6.45, 7) is 4.84. The van der Waals surface area contributed by atoms with E-state index in [4.69, 9.17) is 15.2 Å². The van der Waals surface area contributed by atoms with Crippen LogP contribution in [0.25, 0.3) is 0 Å². The van der Waals surface area contributed by atoms with Crippen LogP contribution in [0.15, 0.2) is 12.1 Å². The molecule has 2 N–H and O–H groups in total. The minimum atomic E-state index is -0.589.